The predicted molar refractivity (Wildman–Crippen MR) is 65.5 cm³/mol. The Bertz CT molecular complexity index is 392. The second-order valence-corrected chi connectivity index (χ2v) is 4.32. The van der Waals surface area contributed by atoms with Crippen molar-refractivity contribution in [3.05, 3.63) is 24.3 Å². The van der Waals surface area contributed by atoms with Crippen LogP contribution in [0.1, 0.15) is 6.92 Å². The van der Waals surface area contributed by atoms with Crippen LogP contribution in [0.4, 0.5) is 11.4 Å². The van der Waals surface area contributed by atoms with Crippen molar-refractivity contribution >= 4 is 17.8 Å². The Hall–Kier alpha value is -1.55. The molecule has 2 rings (SSSR count). The molecule has 2 unspecified atom stereocenters. The van der Waals surface area contributed by atoms with Gasteiger partial charge in [-0.3, -0.25) is 9.69 Å². The molecular formula is C12H17N3O. The maximum absolute atomic E-state index is 11.2. The first-order valence-corrected chi connectivity index (χ1v) is 5.41. The maximum atomic E-state index is 11.2. The van der Waals surface area contributed by atoms with Gasteiger partial charge < -0.3 is 10.2 Å². The molecule has 1 aliphatic heterocycles. The van der Waals surface area contributed by atoms with Gasteiger partial charge in [0.25, 0.3) is 0 Å². The Kier molecular flexibility index (Phi) is 2.83. The monoisotopic (exact) mass is 219 g/mol. The topological polar surface area (TPSA) is 35.6 Å². The van der Waals surface area contributed by atoms with Crippen LogP contribution in [0.2, 0.25) is 0 Å². The molecule has 86 valence electrons. The Balaban J connectivity index is 2.42. The van der Waals surface area contributed by atoms with E-state index in [1.807, 2.05) is 45.3 Å². The van der Waals surface area contributed by atoms with Gasteiger partial charge in [0.15, 0.2) is 0 Å². The molecular weight excluding hydrogens is 202 g/mol. The molecule has 0 fully saturated rings. The highest BCUT2D eigenvalue weighted by Gasteiger charge is 2.31. The second kappa shape index (κ2) is 4.14. The first kappa shape index (κ1) is 11.0. The SMILES string of the molecule is CC1C(N(C)C)Nc2ccccc2N1C=O. The van der Waals surface area contributed by atoms with Crippen molar-refractivity contribution in [2.75, 3.05) is 24.3 Å². The number of carbonyl (C=O) groups is 1. The minimum atomic E-state index is 0.113. The molecule has 1 heterocycles. The second-order valence-electron chi connectivity index (χ2n) is 4.32. The molecule has 1 aromatic rings. The number of amides is 1. The lowest BCUT2D eigenvalue weighted by Gasteiger charge is -2.42. The van der Waals surface area contributed by atoms with Crippen LogP contribution < -0.4 is 10.2 Å². The number of likely N-dealkylation sites (N-methyl/N-ethyl adjacent to an activating group) is 1. The number of para-hydroxylation sites is 2. The van der Waals surface area contributed by atoms with Gasteiger partial charge in [-0.05, 0) is 33.2 Å². The predicted octanol–water partition coefficient (Wildman–Crippen LogP) is 1.35. The molecule has 0 aliphatic carbocycles. The van der Waals surface area contributed by atoms with Crippen molar-refractivity contribution in [2.24, 2.45) is 0 Å². The van der Waals surface area contributed by atoms with Gasteiger partial charge >= 0.3 is 0 Å². The Morgan fingerprint density at radius 3 is 2.69 bits per heavy atom. The average Bonchev–Trinajstić information content (AvgIpc) is 2.28. The summed E-state index contributed by atoms with van der Waals surface area (Å²) in [6, 6.07) is 7.98. The summed E-state index contributed by atoms with van der Waals surface area (Å²) in [4.78, 5) is 15.0. The summed E-state index contributed by atoms with van der Waals surface area (Å²) in [5.41, 5.74) is 1.95. The zero-order chi connectivity index (χ0) is 11.7. The van der Waals surface area contributed by atoms with Crippen molar-refractivity contribution < 1.29 is 4.79 Å². The highest BCUT2D eigenvalue weighted by molar-refractivity contribution is 5.86. The number of carbonyl (C=O) groups excluding carboxylic acids is 1. The van der Waals surface area contributed by atoms with E-state index in [1.54, 1.807) is 4.90 Å². The smallest absolute Gasteiger partial charge is 0.214 e. The fraction of sp³-hybridized carbons (Fsp3) is 0.417. The fourth-order valence-electron chi connectivity index (χ4n) is 2.19. The zero-order valence-corrected chi connectivity index (χ0v) is 9.84. The summed E-state index contributed by atoms with van der Waals surface area (Å²) in [5.74, 6) is 0. The number of hydrogen-bond acceptors (Lipinski definition) is 3. The Morgan fingerprint density at radius 1 is 1.38 bits per heavy atom. The van der Waals surface area contributed by atoms with E-state index in [9.17, 15) is 4.79 Å². The molecule has 0 spiro atoms. The van der Waals surface area contributed by atoms with Crippen LogP contribution in [-0.4, -0.2) is 37.6 Å². The van der Waals surface area contributed by atoms with E-state index in [1.165, 1.54) is 0 Å². The summed E-state index contributed by atoms with van der Waals surface area (Å²) >= 11 is 0. The Labute approximate surface area is 95.8 Å². The van der Waals surface area contributed by atoms with E-state index in [0.717, 1.165) is 17.8 Å². The number of anilines is 2. The molecule has 0 aromatic heterocycles. The number of benzene rings is 1. The number of fused-ring (bicyclic) bond motifs is 1. The lowest BCUT2D eigenvalue weighted by Crippen LogP contribution is -2.54. The van der Waals surface area contributed by atoms with Crippen LogP contribution in [0, 0.1) is 0 Å². The van der Waals surface area contributed by atoms with E-state index in [0.29, 0.717) is 0 Å². The minimum Gasteiger partial charge on any atom is -0.366 e. The summed E-state index contributed by atoms with van der Waals surface area (Å²) < 4.78 is 0. The number of nitrogens with one attached hydrogen (secondary N) is 1. The standard InChI is InChI=1S/C12H17N3O/c1-9-12(14(2)3)13-10-6-4-5-7-11(10)15(9)8-16/h4-9,12-13H,1-3H3. The van der Waals surface area contributed by atoms with Crippen molar-refractivity contribution in [3.63, 3.8) is 0 Å². The van der Waals surface area contributed by atoms with Crippen LogP contribution in [0.5, 0.6) is 0 Å². The molecule has 0 saturated heterocycles. The number of rotatable bonds is 2. The van der Waals surface area contributed by atoms with E-state index in [-0.39, 0.29) is 12.2 Å². The summed E-state index contributed by atoms with van der Waals surface area (Å²) in [6.07, 6.45) is 1.04. The normalized spacial score (nSPS) is 23.9. The molecule has 0 saturated carbocycles. The van der Waals surface area contributed by atoms with E-state index in [2.05, 4.69) is 10.2 Å². The van der Waals surface area contributed by atoms with Gasteiger partial charge in [0.05, 0.1) is 17.4 Å². The van der Waals surface area contributed by atoms with Gasteiger partial charge in [-0.2, -0.15) is 0 Å². The quantitative estimate of drug-likeness (QED) is 0.763. The minimum absolute atomic E-state index is 0.113. The third-order valence-electron chi connectivity index (χ3n) is 3.05. The van der Waals surface area contributed by atoms with Gasteiger partial charge in [-0.15, -0.1) is 0 Å². The van der Waals surface area contributed by atoms with Crippen molar-refractivity contribution in [1.82, 2.24) is 4.90 Å². The van der Waals surface area contributed by atoms with Crippen molar-refractivity contribution in [1.29, 1.82) is 0 Å². The summed E-state index contributed by atoms with van der Waals surface area (Å²) in [6.45, 7) is 2.04. The zero-order valence-electron chi connectivity index (χ0n) is 9.84. The van der Waals surface area contributed by atoms with Crippen molar-refractivity contribution in [2.45, 2.75) is 19.1 Å². The van der Waals surface area contributed by atoms with Gasteiger partial charge in [-0.25, -0.2) is 0 Å². The van der Waals surface area contributed by atoms with Crippen LogP contribution in [0.25, 0.3) is 0 Å². The molecule has 1 amide bonds. The van der Waals surface area contributed by atoms with Crippen LogP contribution in [-0.2, 0) is 4.79 Å². The third-order valence-corrected chi connectivity index (χ3v) is 3.05. The van der Waals surface area contributed by atoms with Gasteiger partial charge in [0, 0.05) is 0 Å². The first-order chi connectivity index (χ1) is 7.65. The fourth-order valence-corrected chi connectivity index (χ4v) is 2.19. The molecule has 1 N–H and O–H groups in total. The molecule has 0 radical (unpaired) electrons. The molecule has 1 aromatic carbocycles. The highest BCUT2D eigenvalue weighted by atomic mass is 16.1. The number of nitrogens with zero attached hydrogens (tertiary/aromatic N) is 2. The van der Waals surface area contributed by atoms with E-state index >= 15 is 0 Å². The van der Waals surface area contributed by atoms with Gasteiger partial charge in [0.2, 0.25) is 6.41 Å². The molecule has 2 atom stereocenters. The Morgan fingerprint density at radius 2 is 2.06 bits per heavy atom. The van der Waals surface area contributed by atoms with Gasteiger partial charge in [-0.1, -0.05) is 12.1 Å². The van der Waals surface area contributed by atoms with Crippen LogP contribution in [0.3, 0.4) is 0 Å². The lowest BCUT2D eigenvalue weighted by molar-refractivity contribution is -0.108. The van der Waals surface area contributed by atoms with Crippen LogP contribution >= 0.6 is 0 Å². The molecule has 0 bridgehead atoms. The third kappa shape index (κ3) is 1.65. The molecule has 4 heteroatoms. The van der Waals surface area contributed by atoms with Crippen molar-refractivity contribution in [3.8, 4) is 0 Å². The molecule has 1 aliphatic rings. The van der Waals surface area contributed by atoms with E-state index in [4.69, 9.17) is 0 Å². The number of hydrogen-bond donors (Lipinski definition) is 1. The molecule has 4 nitrogen and oxygen atoms in total. The van der Waals surface area contributed by atoms with E-state index < -0.39 is 0 Å². The van der Waals surface area contributed by atoms with Gasteiger partial charge in [0.1, 0.15) is 6.17 Å². The average molecular weight is 219 g/mol. The first-order valence-electron chi connectivity index (χ1n) is 5.41. The highest BCUT2D eigenvalue weighted by Crippen LogP contribution is 2.32. The maximum Gasteiger partial charge on any atom is 0.214 e. The summed E-state index contributed by atoms with van der Waals surface area (Å²) in [5, 5.41) is 3.44. The summed E-state index contributed by atoms with van der Waals surface area (Å²) in [7, 11) is 4.01. The lowest BCUT2D eigenvalue weighted by atomic mass is 10.1. The van der Waals surface area contributed by atoms with Crippen LogP contribution in [0.15, 0.2) is 24.3 Å². The largest absolute Gasteiger partial charge is 0.366 e. The molecule has 16 heavy (non-hydrogen) atoms.